The van der Waals surface area contributed by atoms with Crippen LogP contribution in [-0.2, 0) is 0 Å². The third-order valence-electron chi connectivity index (χ3n) is 2.53. The van der Waals surface area contributed by atoms with E-state index in [0.717, 1.165) is 11.4 Å². The van der Waals surface area contributed by atoms with Crippen LogP contribution in [0.5, 0.6) is 5.75 Å². The highest BCUT2D eigenvalue weighted by atomic mass is 16.5. The summed E-state index contributed by atoms with van der Waals surface area (Å²) < 4.78 is 5.24. The lowest BCUT2D eigenvalue weighted by Crippen LogP contribution is -2.21. The Bertz CT molecular complexity index is 368. The molecule has 0 aliphatic carbocycles. The van der Waals surface area contributed by atoms with E-state index in [9.17, 15) is 0 Å². The van der Waals surface area contributed by atoms with Crippen LogP contribution < -0.4 is 10.1 Å². The van der Waals surface area contributed by atoms with E-state index in [4.69, 9.17) is 10.00 Å². The van der Waals surface area contributed by atoms with Gasteiger partial charge in [-0.1, -0.05) is 19.9 Å². The number of rotatable bonds is 5. The largest absolute Gasteiger partial charge is 0.479 e. The summed E-state index contributed by atoms with van der Waals surface area (Å²) in [6.45, 7) is 6.58. The highest BCUT2D eigenvalue weighted by molar-refractivity contribution is 5.48. The maximum Gasteiger partial charge on any atom is 0.174 e. The molecule has 0 bridgehead atoms. The summed E-state index contributed by atoms with van der Waals surface area (Å²) in [5.74, 6) is 1.30. The van der Waals surface area contributed by atoms with Gasteiger partial charge >= 0.3 is 0 Å². The highest BCUT2D eigenvalue weighted by Crippen LogP contribution is 2.19. The number of nitrogens with zero attached hydrogens (tertiary/aromatic N) is 1. The fraction of sp³-hybridized carbons (Fsp3) is 0.462. The van der Waals surface area contributed by atoms with Crippen molar-refractivity contribution in [3.63, 3.8) is 0 Å². The van der Waals surface area contributed by atoms with Gasteiger partial charge in [0.15, 0.2) is 6.61 Å². The van der Waals surface area contributed by atoms with Gasteiger partial charge in [0.2, 0.25) is 0 Å². The first-order valence-electron chi connectivity index (χ1n) is 5.50. The Hall–Kier alpha value is -1.69. The second kappa shape index (κ2) is 6.02. The zero-order chi connectivity index (χ0) is 12.0. The summed E-state index contributed by atoms with van der Waals surface area (Å²) in [6.07, 6.45) is 0. The predicted molar refractivity (Wildman–Crippen MR) is 65.5 cm³/mol. The van der Waals surface area contributed by atoms with Gasteiger partial charge in [0.1, 0.15) is 11.8 Å². The zero-order valence-electron chi connectivity index (χ0n) is 10.0. The molecule has 1 N–H and O–H groups in total. The van der Waals surface area contributed by atoms with Crippen LogP contribution in [0, 0.1) is 17.2 Å². The molecule has 0 saturated heterocycles. The minimum absolute atomic E-state index is 0.0865. The van der Waals surface area contributed by atoms with Crippen molar-refractivity contribution in [1.29, 1.82) is 5.26 Å². The minimum atomic E-state index is 0.0865. The third kappa shape index (κ3) is 3.82. The fourth-order valence-corrected chi connectivity index (χ4v) is 1.22. The van der Waals surface area contributed by atoms with Crippen molar-refractivity contribution in [2.24, 2.45) is 5.92 Å². The molecule has 1 aromatic rings. The fourth-order valence-electron chi connectivity index (χ4n) is 1.22. The van der Waals surface area contributed by atoms with Gasteiger partial charge in [-0.15, -0.1) is 0 Å². The molecule has 3 nitrogen and oxygen atoms in total. The molecular weight excluding hydrogens is 200 g/mol. The van der Waals surface area contributed by atoms with Gasteiger partial charge in [-0.05, 0) is 25.0 Å². The first kappa shape index (κ1) is 12.4. The molecule has 0 heterocycles. The molecule has 86 valence electrons. The van der Waals surface area contributed by atoms with Gasteiger partial charge in [-0.3, -0.25) is 0 Å². The molecule has 1 rings (SSSR count). The van der Waals surface area contributed by atoms with Crippen molar-refractivity contribution in [2.45, 2.75) is 26.8 Å². The van der Waals surface area contributed by atoms with Gasteiger partial charge < -0.3 is 10.1 Å². The molecule has 16 heavy (non-hydrogen) atoms. The van der Waals surface area contributed by atoms with Crippen molar-refractivity contribution in [1.82, 2.24) is 0 Å². The summed E-state index contributed by atoms with van der Waals surface area (Å²) in [4.78, 5) is 0. The Morgan fingerprint density at radius 1 is 1.38 bits per heavy atom. The minimum Gasteiger partial charge on any atom is -0.479 e. The Kier molecular flexibility index (Phi) is 4.65. The number of anilines is 1. The van der Waals surface area contributed by atoms with E-state index >= 15 is 0 Å². The average molecular weight is 218 g/mol. The average Bonchev–Trinajstić information content (AvgIpc) is 2.26. The van der Waals surface area contributed by atoms with Gasteiger partial charge in [0.05, 0.1) is 0 Å². The Balaban J connectivity index is 2.64. The predicted octanol–water partition coefficient (Wildman–Crippen LogP) is 3.05. The van der Waals surface area contributed by atoms with E-state index in [2.05, 4.69) is 26.1 Å². The van der Waals surface area contributed by atoms with Gasteiger partial charge in [0, 0.05) is 17.8 Å². The molecule has 0 aliphatic heterocycles. The Morgan fingerprint density at radius 2 is 2.12 bits per heavy atom. The van der Waals surface area contributed by atoms with Gasteiger partial charge in [0.25, 0.3) is 0 Å². The lowest BCUT2D eigenvalue weighted by atomic mass is 10.1. The van der Waals surface area contributed by atoms with Crippen LogP contribution in [-0.4, -0.2) is 12.6 Å². The number of hydrogen-bond acceptors (Lipinski definition) is 3. The lowest BCUT2D eigenvalue weighted by Gasteiger charge is -2.19. The van der Waals surface area contributed by atoms with Crippen LogP contribution >= 0.6 is 0 Å². The van der Waals surface area contributed by atoms with Crippen LogP contribution in [0.1, 0.15) is 20.8 Å². The Labute approximate surface area is 97.0 Å². The van der Waals surface area contributed by atoms with Crippen LogP contribution in [0.15, 0.2) is 24.3 Å². The second-order valence-electron chi connectivity index (χ2n) is 4.15. The molecule has 1 unspecified atom stereocenters. The molecule has 1 aromatic carbocycles. The molecule has 3 heteroatoms. The summed E-state index contributed by atoms with van der Waals surface area (Å²) in [6, 6.07) is 10.0. The molecule has 0 saturated carbocycles. The molecule has 0 radical (unpaired) electrons. The van der Waals surface area contributed by atoms with Crippen molar-refractivity contribution in [2.75, 3.05) is 11.9 Å². The molecule has 1 atom stereocenters. The van der Waals surface area contributed by atoms with Crippen LogP contribution in [0.25, 0.3) is 0 Å². The molecule has 0 aliphatic rings. The van der Waals surface area contributed by atoms with Crippen molar-refractivity contribution in [3.8, 4) is 11.8 Å². The molecular formula is C13H18N2O. The van der Waals surface area contributed by atoms with Gasteiger partial charge in [-0.2, -0.15) is 5.26 Å². The third-order valence-corrected chi connectivity index (χ3v) is 2.53. The quantitative estimate of drug-likeness (QED) is 0.826. The van der Waals surface area contributed by atoms with Crippen molar-refractivity contribution >= 4 is 5.69 Å². The zero-order valence-corrected chi connectivity index (χ0v) is 10.0. The topological polar surface area (TPSA) is 45.0 Å². The van der Waals surface area contributed by atoms with E-state index < -0.39 is 0 Å². The van der Waals surface area contributed by atoms with Crippen molar-refractivity contribution < 1.29 is 4.74 Å². The number of ether oxygens (including phenoxy) is 1. The second-order valence-corrected chi connectivity index (χ2v) is 4.15. The summed E-state index contributed by atoms with van der Waals surface area (Å²) >= 11 is 0. The Morgan fingerprint density at radius 3 is 2.75 bits per heavy atom. The SMILES string of the molecule is CC(C)C(C)Nc1cccc(OCC#N)c1. The van der Waals surface area contributed by atoms with E-state index in [1.54, 1.807) is 0 Å². The first-order chi connectivity index (χ1) is 7.63. The van der Waals surface area contributed by atoms with E-state index in [-0.39, 0.29) is 6.61 Å². The molecule has 0 fully saturated rings. The summed E-state index contributed by atoms with van der Waals surface area (Å²) in [7, 11) is 0. The van der Waals surface area contributed by atoms with Gasteiger partial charge in [-0.25, -0.2) is 0 Å². The number of nitrogens with one attached hydrogen (secondary N) is 1. The monoisotopic (exact) mass is 218 g/mol. The maximum atomic E-state index is 8.42. The molecule has 0 spiro atoms. The standard InChI is InChI=1S/C13H18N2O/c1-10(2)11(3)15-12-5-4-6-13(9-12)16-8-7-14/h4-6,9-11,15H,8H2,1-3H3. The van der Waals surface area contributed by atoms with E-state index in [1.807, 2.05) is 30.3 Å². The van der Waals surface area contributed by atoms with Crippen LogP contribution in [0.3, 0.4) is 0 Å². The summed E-state index contributed by atoms with van der Waals surface area (Å²) in [5, 5.41) is 11.8. The summed E-state index contributed by atoms with van der Waals surface area (Å²) in [5.41, 5.74) is 1.02. The van der Waals surface area contributed by atoms with E-state index in [1.165, 1.54) is 0 Å². The first-order valence-corrected chi connectivity index (χ1v) is 5.50. The molecule has 0 aromatic heterocycles. The number of nitriles is 1. The smallest absolute Gasteiger partial charge is 0.174 e. The molecule has 0 amide bonds. The number of benzene rings is 1. The van der Waals surface area contributed by atoms with E-state index in [0.29, 0.717) is 12.0 Å². The highest BCUT2D eigenvalue weighted by Gasteiger charge is 2.06. The normalized spacial score (nSPS) is 11.9. The number of hydrogen-bond donors (Lipinski definition) is 1. The van der Waals surface area contributed by atoms with Crippen molar-refractivity contribution in [3.05, 3.63) is 24.3 Å². The lowest BCUT2D eigenvalue weighted by molar-refractivity contribution is 0.368. The van der Waals surface area contributed by atoms with Crippen LogP contribution in [0.4, 0.5) is 5.69 Å². The van der Waals surface area contributed by atoms with Crippen LogP contribution in [0.2, 0.25) is 0 Å². The maximum absolute atomic E-state index is 8.42.